The van der Waals surface area contributed by atoms with Crippen molar-refractivity contribution < 1.29 is 14.2 Å². The van der Waals surface area contributed by atoms with Crippen LogP contribution in [0.5, 0.6) is 5.75 Å². The van der Waals surface area contributed by atoms with E-state index in [1.807, 2.05) is 6.92 Å². The maximum absolute atomic E-state index is 13.5. The Morgan fingerprint density at radius 3 is 2.67 bits per heavy atom. The molecule has 0 aliphatic heterocycles. The number of nitrogens with two attached hydrogens (primary N) is 1. The van der Waals surface area contributed by atoms with Gasteiger partial charge in [-0.05, 0) is 20.3 Å². The predicted molar refractivity (Wildman–Crippen MR) is 71.4 cm³/mol. The zero-order valence-electron chi connectivity index (χ0n) is 11.1. The molecule has 5 heteroatoms. The van der Waals surface area contributed by atoms with Crippen molar-refractivity contribution in [1.29, 1.82) is 0 Å². The second kappa shape index (κ2) is 5.91. The van der Waals surface area contributed by atoms with Crippen molar-refractivity contribution in [1.82, 2.24) is 0 Å². The molecule has 0 bridgehead atoms. The van der Waals surface area contributed by atoms with Gasteiger partial charge in [0, 0.05) is 18.7 Å². The molecule has 1 rings (SSSR count). The molecule has 102 valence electrons. The van der Waals surface area contributed by atoms with E-state index in [4.69, 9.17) is 10.5 Å². The Kier molecular flexibility index (Phi) is 4.78. The fraction of sp³-hybridized carbons (Fsp3) is 0.538. The lowest BCUT2D eigenvalue weighted by Gasteiger charge is -2.20. The van der Waals surface area contributed by atoms with Gasteiger partial charge in [0.25, 0.3) is 0 Å². The molecule has 18 heavy (non-hydrogen) atoms. The van der Waals surface area contributed by atoms with E-state index in [2.05, 4.69) is 5.32 Å². The molecule has 0 heterocycles. The largest absolute Gasteiger partial charge is 0.490 e. The lowest BCUT2D eigenvalue weighted by molar-refractivity contribution is 0.0945. The highest BCUT2D eigenvalue weighted by atomic mass is 19.1. The van der Waals surface area contributed by atoms with Crippen LogP contribution in [0.4, 0.5) is 15.8 Å². The average molecular weight is 256 g/mol. The summed E-state index contributed by atoms with van der Waals surface area (Å²) >= 11 is 0. The van der Waals surface area contributed by atoms with Gasteiger partial charge in [-0.2, -0.15) is 0 Å². The topological polar surface area (TPSA) is 67.5 Å². The summed E-state index contributed by atoms with van der Waals surface area (Å²) in [6.45, 7) is 6.06. The first-order valence-corrected chi connectivity index (χ1v) is 6.01. The second-order valence-corrected chi connectivity index (χ2v) is 4.88. The summed E-state index contributed by atoms with van der Waals surface area (Å²) in [7, 11) is 0. The number of ether oxygens (including phenoxy) is 1. The van der Waals surface area contributed by atoms with Crippen LogP contribution in [-0.2, 0) is 0 Å². The van der Waals surface area contributed by atoms with Gasteiger partial charge in [0.05, 0.1) is 23.6 Å². The summed E-state index contributed by atoms with van der Waals surface area (Å²) in [6, 6.07) is 2.74. The van der Waals surface area contributed by atoms with E-state index >= 15 is 0 Å². The van der Waals surface area contributed by atoms with Crippen LogP contribution in [0.15, 0.2) is 12.1 Å². The number of hydrogen-bond donors (Lipinski definition) is 3. The summed E-state index contributed by atoms with van der Waals surface area (Å²) in [4.78, 5) is 0. The number of anilines is 2. The minimum Gasteiger partial charge on any atom is -0.490 e. The minimum atomic E-state index is -0.870. The van der Waals surface area contributed by atoms with Crippen LogP contribution in [0.3, 0.4) is 0 Å². The third-order valence-corrected chi connectivity index (χ3v) is 2.28. The first-order chi connectivity index (χ1) is 8.33. The predicted octanol–water partition coefficient (Wildman–Crippen LogP) is 2.38. The van der Waals surface area contributed by atoms with Gasteiger partial charge in [0.15, 0.2) is 11.6 Å². The van der Waals surface area contributed by atoms with E-state index < -0.39 is 11.4 Å². The smallest absolute Gasteiger partial charge is 0.167 e. The van der Waals surface area contributed by atoms with Crippen molar-refractivity contribution in [3.63, 3.8) is 0 Å². The maximum Gasteiger partial charge on any atom is 0.167 e. The fourth-order valence-corrected chi connectivity index (χ4v) is 1.36. The lowest BCUT2D eigenvalue weighted by Crippen LogP contribution is -2.29. The average Bonchev–Trinajstić information content (AvgIpc) is 2.25. The van der Waals surface area contributed by atoms with E-state index in [1.165, 1.54) is 12.1 Å². The first kappa shape index (κ1) is 14.6. The quantitative estimate of drug-likeness (QED) is 0.684. The van der Waals surface area contributed by atoms with Gasteiger partial charge in [-0.15, -0.1) is 0 Å². The molecule has 0 aliphatic rings. The molecule has 0 amide bonds. The summed E-state index contributed by atoms with van der Waals surface area (Å²) in [6.07, 6.45) is 0.802. The van der Waals surface area contributed by atoms with Crippen LogP contribution in [0.1, 0.15) is 27.2 Å². The van der Waals surface area contributed by atoms with Crippen molar-refractivity contribution in [2.45, 2.75) is 32.8 Å². The molecule has 4 nitrogen and oxygen atoms in total. The highest BCUT2D eigenvalue weighted by Gasteiger charge is 2.14. The van der Waals surface area contributed by atoms with Gasteiger partial charge in [0.2, 0.25) is 0 Å². The van der Waals surface area contributed by atoms with E-state index in [-0.39, 0.29) is 5.75 Å². The number of benzene rings is 1. The SMILES string of the molecule is CCCOc1cc(NCC(C)(C)O)c(N)cc1F. The maximum atomic E-state index is 13.5. The summed E-state index contributed by atoms with van der Waals surface area (Å²) in [5.41, 5.74) is 5.69. The molecule has 0 aliphatic carbocycles. The van der Waals surface area contributed by atoms with Crippen LogP contribution in [0.25, 0.3) is 0 Å². The van der Waals surface area contributed by atoms with Crippen molar-refractivity contribution in [2.75, 3.05) is 24.2 Å². The van der Waals surface area contributed by atoms with Crippen molar-refractivity contribution >= 4 is 11.4 Å². The molecule has 0 saturated carbocycles. The van der Waals surface area contributed by atoms with Crippen molar-refractivity contribution in [3.8, 4) is 5.75 Å². The van der Waals surface area contributed by atoms with E-state index in [9.17, 15) is 9.50 Å². The monoisotopic (exact) mass is 256 g/mol. The number of rotatable bonds is 6. The Morgan fingerprint density at radius 1 is 1.44 bits per heavy atom. The van der Waals surface area contributed by atoms with Crippen molar-refractivity contribution in [2.24, 2.45) is 0 Å². The molecular weight excluding hydrogens is 235 g/mol. The number of hydrogen-bond acceptors (Lipinski definition) is 4. The highest BCUT2D eigenvalue weighted by molar-refractivity contribution is 5.68. The first-order valence-electron chi connectivity index (χ1n) is 6.01. The Balaban J connectivity index is 2.84. The molecule has 0 atom stereocenters. The van der Waals surface area contributed by atoms with Gasteiger partial charge < -0.3 is 20.9 Å². The molecule has 0 radical (unpaired) electrons. The molecule has 0 fully saturated rings. The summed E-state index contributed by atoms with van der Waals surface area (Å²) in [5.74, 6) is -0.306. The lowest BCUT2D eigenvalue weighted by atomic mass is 10.1. The van der Waals surface area contributed by atoms with Gasteiger partial charge in [0.1, 0.15) is 0 Å². The third-order valence-electron chi connectivity index (χ3n) is 2.28. The van der Waals surface area contributed by atoms with Crippen LogP contribution in [0, 0.1) is 5.82 Å². The van der Waals surface area contributed by atoms with Crippen LogP contribution >= 0.6 is 0 Å². The molecule has 0 aromatic heterocycles. The van der Waals surface area contributed by atoms with E-state index in [1.54, 1.807) is 13.8 Å². The van der Waals surface area contributed by atoms with Gasteiger partial charge in [-0.1, -0.05) is 6.92 Å². The summed E-state index contributed by atoms with van der Waals surface area (Å²) < 4.78 is 18.8. The number of nitrogens with one attached hydrogen (secondary N) is 1. The summed E-state index contributed by atoms with van der Waals surface area (Å²) in [5, 5.41) is 12.6. The molecule has 1 aromatic rings. The van der Waals surface area contributed by atoms with Gasteiger partial charge in [-0.25, -0.2) is 4.39 Å². The highest BCUT2D eigenvalue weighted by Crippen LogP contribution is 2.28. The van der Waals surface area contributed by atoms with Gasteiger partial charge in [-0.3, -0.25) is 0 Å². The third kappa shape index (κ3) is 4.41. The molecule has 0 saturated heterocycles. The second-order valence-electron chi connectivity index (χ2n) is 4.88. The van der Waals surface area contributed by atoms with Crippen LogP contribution in [0.2, 0.25) is 0 Å². The number of aliphatic hydroxyl groups is 1. The standard InChI is InChI=1S/C13H21FN2O2/c1-4-5-18-12-7-11(10(15)6-9(12)14)16-8-13(2,3)17/h6-7,16-17H,4-5,8,15H2,1-3H3. The normalized spacial score (nSPS) is 11.4. The molecular formula is C13H21FN2O2. The minimum absolute atomic E-state index is 0.171. The number of nitrogen functional groups attached to an aromatic ring is 1. The van der Waals surface area contributed by atoms with E-state index in [0.717, 1.165) is 6.42 Å². The fourth-order valence-electron chi connectivity index (χ4n) is 1.36. The Morgan fingerprint density at radius 2 is 2.11 bits per heavy atom. The van der Waals surface area contributed by atoms with Crippen LogP contribution < -0.4 is 15.8 Å². The molecule has 1 aromatic carbocycles. The van der Waals surface area contributed by atoms with Gasteiger partial charge >= 0.3 is 0 Å². The zero-order valence-corrected chi connectivity index (χ0v) is 11.1. The molecule has 0 unspecified atom stereocenters. The van der Waals surface area contributed by atoms with Crippen molar-refractivity contribution in [3.05, 3.63) is 17.9 Å². The Bertz CT molecular complexity index is 403. The Labute approximate surface area is 107 Å². The molecule has 0 spiro atoms. The van der Waals surface area contributed by atoms with E-state index in [0.29, 0.717) is 24.5 Å². The molecule has 4 N–H and O–H groups in total. The Hall–Kier alpha value is -1.49. The number of halogens is 1. The zero-order chi connectivity index (χ0) is 13.8. The van der Waals surface area contributed by atoms with Crippen LogP contribution in [-0.4, -0.2) is 23.9 Å².